The van der Waals surface area contributed by atoms with Crippen molar-refractivity contribution in [2.45, 2.75) is 13.5 Å². The second-order valence-electron chi connectivity index (χ2n) is 3.53. The third-order valence-electron chi connectivity index (χ3n) is 2.35. The van der Waals surface area contributed by atoms with E-state index in [2.05, 4.69) is 4.40 Å². The number of benzene rings is 1. The van der Waals surface area contributed by atoms with Gasteiger partial charge in [-0.3, -0.25) is 4.31 Å². The maximum atomic E-state index is 11.7. The summed E-state index contributed by atoms with van der Waals surface area (Å²) in [6.45, 7) is 2.08. The normalized spacial score (nSPS) is 18.3. The zero-order chi connectivity index (χ0) is 11.6. The number of allylic oxidation sites excluding steroid dienone is 2. The van der Waals surface area contributed by atoms with Crippen LogP contribution in [-0.4, -0.2) is 18.9 Å². The molecule has 0 aromatic heterocycles. The van der Waals surface area contributed by atoms with E-state index in [1.54, 1.807) is 13.0 Å². The summed E-state index contributed by atoms with van der Waals surface area (Å²) in [5, 5.41) is 0. The number of hydrogen-bond donors (Lipinski definition) is 0. The van der Waals surface area contributed by atoms with E-state index in [0.717, 1.165) is 5.56 Å². The van der Waals surface area contributed by atoms with Gasteiger partial charge in [0.1, 0.15) is 0 Å². The van der Waals surface area contributed by atoms with Crippen LogP contribution in [0.1, 0.15) is 12.5 Å². The Morgan fingerprint density at radius 3 is 2.56 bits per heavy atom. The van der Waals surface area contributed by atoms with Crippen molar-refractivity contribution in [3.8, 4) is 0 Å². The van der Waals surface area contributed by atoms with Gasteiger partial charge in [-0.15, -0.1) is 0 Å². The van der Waals surface area contributed by atoms with Crippen LogP contribution >= 0.6 is 0 Å². The second-order valence-corrected chi connectivity index (χ2v) is 5.08. The van der Waals surface area contributed by atoms with Gasteiger partial charge in [-0.2, -0.15) is 12.8 Å². The molecule has 1 aliphatic heterocycles. The Balaban J connectivity index is 2.28. The fraction of sp³-hybridized carbons (Fsp3) is 0.182. The van der Waals surface area contributed by atoms with E-state index in [4.69, 9.17) is 0 Å². The van der Waals surface area contributed by atoms with Gasteiger partial charge in [-0.05, 0) is 18.6 Å². The van der Waals surface area contributed by atoms with Crippen LogP contribution in [0.5, 0.6) is 0 Å². The molecule has 84 valence electrons. The molecule has 0 amide bonds. The van der Waals surface area contributed by atoms with E-state index in [1.807, 2.05) is 30.3 Å². The molecule has 1 heterocycles. The lowest BCUT2D eigenvalue weighted by atomic mass is 10.2. The molecular formula is C11H12N2O2S. The van der Waals surface area contributed by atoms with E-state index in [1.165, 1.54) is 10.5 Å². The fourth-order valence-corrected chi connectivity index (χ4v) is 2.56. The van der Waals surface area contributed by atoms with Gasteiger partial charge in [0.2, 0.25) is 0 Å². The van der Waals surface area contributed by atoms with Crippen molar-refractivity contribution in [3.05, 3.63) is 47.7 Å². The Morgan fingerprint density at radius 2 is 1.94 bits per heavy atom. The molecule has 0 N–H and O–H groups in total. The van der Waals surface area contributed by atoms with E-state index in [9.17, 15) is 8.42 Å². The van der Waals surface area contributed by atoms with Crippen LogP contribution < -0.4 is 0 Å². The predicted molar refractivity (Wildman–Crippen MR) is 63.2 cm³/mol. The number of rotatable bonds is 2. The third-order valence-corrected chi connectivity index (χ3v) is 3.71. The van der Waals surface area contributed by atoms with Crippen LogP contribution in [0, 0.1) is 0 Å². The molecular weight excluding hydrogens is 224 g/mol. The molecule has 0 radical (unpaired) electrons. The Morgan fingerprint density at radius 1 is 1.25 bits per heavy atom. The highest BCUT2D eigenvalue weighted by atomic mass is 32.2. The molecule has 0 unspecified atom stereocenters. The minimum atomic E-state index is -3.54. The molecule has 0 atom stereocenters. The van der Waals surface area contributed by atoms with Crippen LogP contribution in [0.2, 0.25) is 0 Å². The van der Waals surface area contributed by atoms with Crippen LogP contribution in [0.25, 0.3) is 0 Å². The Hall–Kier alpha value is -1.62. The molecule has 1 aliphatic rings. The van der Waals surface area contributed by atoms with Crippen molar-refractivity contribution in [2.24, 2.45) is 4.40 Å². The summed E-state index contributed by atoms with van der Waals surface area (Å²) in [5.41, 5.74) is 1.62. The molecule has 4 nitrogen and oxygen atoms in total. The molecule has 0 saturated heterocycles. The zero-order valence-corrected chi connectivity index (χ0v) is 9.68. The van der Waals surface area contributed by atoms with Gasteiger partial charge in [-0.1, -0.05) is 30.3 Å². The highest BCUT2D eigenvalue weighted by molar-refractivity contribution is 7.88. The number of hydrogen-bond acceptors (Lipinski definition) is 2. The van der Waals surface area contributed by atoms with Crippen molar-refractivity contribution < 1.29 is 8.42 Å². The fourth-order valence-electron chi connectivity index (χ4n) is 1.49. The summed E-state index contributed by atoms with van der Waals surface area (Å²) in [6.07, 6.45) is 3.00. The maximum absolute atomic E-state index is 11.7. The minimum Gasteiger partial charge on any atom is -0.252 e. The topological polar surface area (TPSA) is 49.7 Å². The van der Waals surface area contributed by atoms with Crippen molar-refractivity contribution in [1.82, 2.24) is 4.31 Å². The van der Waals surface area contributed by atoms with Gasteiger partial charge in [-0.25, -0.2) is 0 Å². The first kappa shape index (κ1) is 10.9. The van der Waals surface area contributed by atoms with Gasteiger partial charge >= 0.3 is 10.2 Å². The van der Waals surface area contributed by atoms with E-state index in [-0.39, 0.29) is 0 Å². The van der Waals surface area contributed by atoms with E-state index < -0.39 is 10.2 Å². The molecule has 1 aromatic carbocycles. The Labute approximate surface area is 95.1 Å². The molecule has 16 heavy (non-hydrogen) atoms. The Bertz CT molecular complexity index is 532. The summed E-state index contributed by atoms with van der Waals surface area (Å²) >= 11 is 0. The Kier molecular flexibility index (Phi) is 2.78. The van der Waals surface area contributed by atoms with Gasteiger partial charge < -0.3 is 0 Å². The SMILES string of the molecule is CC1=CC=NS(=O)(=O)N1Cc1ccccc1. The first-order valence-corrected chi connectivity index (χ1v) is 6.28. The third kappa shape index (κ3) is 2.14. The zero-order valence-electron chi connectivity index (χ0n) is 8.87. The average molecular weight is 236 g/mol. The standard InChI is InChI=1S/C11H12N2O2S/c1-10-7-8-12-16(14,15)13(10)9-11-5-3-2-4-6-11/h2-8H,9H2,1H3. The highest BCUT2D eigenvalue weighted by Crippen LogP contribution is 2.18. The summed E-state index contributed by atoms with van der Waals surface area (Å²) in [4.78, 5) is 0. The monoisotopic (exact) mass is 236 g/mol. The predicted octanol–water partition coefficient (Wildman–Crippen LogP) is 1.72. The summed E-state index contributed by atoms with van der Waals surface area (Å²) < 4.78 is 28.1. The minimum absolute atomic E-state index is 0.322. The highest BCUT2D eigenvalue weighted by Gasteiger charge is 2.22. The smallest absolute Gasteiger partial charge is 0.252 e. The molecule has 2 rings (SSSR count). The summed E-state index contributed by atoms with van der Waals surface area (Å²) in [5.74, 6) is 0. The molecule has 0 aliphatic carbocycles. The lowest BCUT2D eigenvalue weighted by Gasteiger charge is -2.24. The van der Waals surface area contributed by atoms with Crippen molar-refractivity contribution in [2.75, 3.05) is 0 Å². The van der Waals surface area contributed by atoms with E-state index in [0.29, 0.717) is 12.2 Å². The quantitative estimate of drug-likeness (QED) is 0.785. The molecule has 1 aromatic rings. The van der Waals surface area contributed by atoms with Gasteiger partial charge in [0.25, 0.3) is 0 Å². The molecule has 0 spiro atoms. The second kappa shape index (κ2) is 4.09. The molecule has 5 heteroatoms. The van der Waals surface area contributed by atoms with Crippen LogP contribution in [-0.2, 0) is 16.8 Å². The molecule has 0 saturated carbocycles. The van der Waals surface area contributed by atoms with Crippen LogP contribution in [0.4, 0.5) is 0 Å². The average Bonchev–Trinajstić information content (AvgIpc) is 2.25. The maximum Gasteiger partial charge on any atom is 0.344 e. The first-order chi connectivity index (χ1) is 7.59. The lowest BCUT2D eigenvalue weighted by molar-refractivity contribution is 0.472. The largest absolute Gasteiger partial charge is 0.344 e. The molecule has 0 fully saturated rings. The molecule has 0 bridgehead atoms. The van der Waals surface area contributed by atoms with Crippen molar-refractivity contribution in [3.63, 3.8) is 0 Å². The van der Waals surface area contributed by atoms with Gasteiger partial charge in [0, 0.05) is 11.9 Å². The number of nitrogens with zero attached hydrogens (tertiary/aromatic N) is 2. The van der Waals surface area contributed by atoms with Crippen LogP contribution in [0.15, 0.2) is 46.5 Å². The van der Waals surface area contributed by atoms with Crippen molar-refractivity contribution in [1.29, 1.82) is 0 Å². The summed E-state index contributed by atoms with van der Waals surface area (Å²) in [6, 6.07) is 9.44. The van der Waals surface area contributed by atoms with Gasteiger partial charge in [0.15, 0.2) is 0 Å². The van der Waals surface area contributed by atoms with Gasteiger partial charge in [0.05, 0.1) is 6.54 Å². The van der Waals surface area contributed by atoms with Crippen LogP contribution in [0.3, 0.4) is 0 Å². The lowest BCUT2D eigenvalue weighted by Crippen LogP contribution is -2.29. The first-order valence-electron chi connectivity index (χ1n) is 4.88. The van der Waals surface area contributed by atoms with E-state index >= 15 is 0 Å². The summed E-state index contributed by atoms with van der Waals surface area (Å²) in [7, 11) is -3.54. The van der Waals surface area contributed by atoms with Crippen molar-refractivity contribution >= 4 is 16.4 Å².